The zero-order valence-corrected chi connectivity index (χ0v) is 7.62. The molecular formula is C9H12N2O3. The van der Waals surface area contributed by atoms with Crippen LogP contribution in [0.25, 0.3) is 0 Å². The first-order chi connectivity index (χ1) is 6.77. The summed E-state index contributed by atoms with van der Waals surface area (Å²) >= 11 is 0. The highest BCUT2D eigenvalue weighted by atomic mass is 16.5. The first kappa shape index (κ1) is 9.23. The fourth-order valence-electron chi connectivity index (χ4n) is 1.31. The van der Waals surface area contributed by atoms with Crippen molar-refractivity contribution in [2.24, 2.45) is 5.41 Å². The highest BCUT2D eigenvalue weighted by Gasteiger charge is 2.45. The zero-order valence-electron chi connectivity index (χ0n) is 7.62. The third-order valence-corrected chi connectivity index (χ3v) is 2.39. The van der Waals surface area contributed by atoms with Crippen molar-refractivity contribution in [2.45, 2.75) is 0 Å². The molecule has 1 aromatic rings. The molecule has 3 N–H and O–H groups in total. The Kier molecular flexibility index (Phi) is 2.26. The molecule has 1 aliphatic heterocycles. The standard InChI is InChI=1S/C9H12N2O3/c12-4-9(5-14-6-9)8(13)11-7-2-1-3-10-7/h1-3,10,12H,4-6H2,(H,11,13). The van der Waals surface area contributed by atoms with E-state index < -0.39 is 5.41 Å². The predicted octanol–water partition coefficient (Wildman–Crippen LogP) is -0.0379. The molecule has 1 aromatic heterocycles. The summed E-state index contributed by atoms with van der Waals surface area (Å²) in [6.07, 6.45) is 1.72. The van der Waals surface area contributed by atoms with Crippen molar-refractivity contribution in [3.63, 3.8) is 0 Å². The zero-order chi connectivity index (χ0) is 10.0. The molecule has 0 bridgehead atoms. The van der Waals surface area contributed by atoms with Gasteiger partial charge in [-0.2, -0.15) is 0 Å². The maximum atomic E-state index is 11.7. The van der Waals surface area contributed by atoms with E-state index in [0.717, 1.165) is 0 Å². The molecule has 0 unspecified atom stereocenters. The van der Waals surface area contributed by atoms with E-state index in [-0.39, 0.29) is 25.7 Å². The maximum absolute atomic E-state index is 11.7. The van der Waals surface area contributed by atoms with Crippen LogP contribution in [0.5, 0.6) is 0 Å². The maximum Gasteiger partial charge on any atom is 0.238 e. The number of hydrogen-bond donors (Lipinski definition) is 3. The van der Waals surface area contributed by atoms with Crippen LogP contribution in [0.4, 0.5) is 5.82 Å². The lowest BCUT2D eigenvalue weighted by Gasteiger charge is -2.37. The van der Waals surface area contributed by atoms with Crippen molar-refractivity contribution in [1.82, 2.24) is 4.98 Å². The average molecular weight is 196 g/mol. The minimum Gasteiger partial charge on any atom is -0.395 e. The topological polar surface area (TPSA) is 74.4 Å². The molecule has 0 aliphatic carbocycles. The first-order valence-electron chi connectivity index (χ1n) is 4.40. The van der Waals surface area contributed by atoms with Crippen LogP contribution in [0, 0.1) is 5.41 Å². The second kappa shape index (κ2) is 3.43. The molecule has 0 radical (unpaired) electrons. The molecule has 1 saturated heterocycles. The van der Waals surface area contributed by atoms with Crippen LogP contribution in [-0.4, -0.2) is 35.8 Å². The van der Waals surface area contributed by atoms with E-state index in [0.29, 0.717) is 5.82 Å². The van der Waals surface area contributed by atoms with E-state index >= 15 is 0 Å². The molecule has 0 aromatic carbocycles. The fourth-order valence-corrected chi connectivity index (χ4v) is 1.31. The number of nitrogens with one attached hydrogen (secondary N) is 2. The predicted molar refractivity (Wildman–Crippen MR) is 49.8 cm³/mol. The molecule has 2 heterocycles. The quantitative estimate of drug-likeness (QED) is 0.635. The summed E-state index contributed by atoms with van der Waals surface area (Å²) in [6.45, 7) is 0.394. The number of aliphatic hydroxyl groups is 1. The van der Waals surface area contributed by atoms with Gasteiger partial charge < -0.3 is 20.1 Å². The summed E-state index contributed by atoms with van der Waals surface area (Å²) < 4.78 is 4.94. The van der Waals surface area contributed by atoms with Gasteiger partial charge in [-0.05, 0) is 12.1 Å². The second-order valence-electron chi connectivity index (χ2n) is 3.47. The number of aromatic nitrogens is 1. The molecule has 0 saturated carbocycles. The summed E-state index contributed by atoms with van der Waals surface area (Å²) in [4.78, 5) is 14.5. The van der Waals surface area contributed by atoms with Gasteiger partial charge in [-0.15, -0.1) is 0 Å². The molecule has 5 nitrogen and oxygen atoms in total. The number of ether oxygens (including phenoxy) is 1. The summed E-state index contributed by atoms with van der Waals surface area (Å²) in [5.41, 5.74) is -0.745. The van der Waals surface area contributed by atoms with Crippen molar-refractivity contribution >= 4 is 11.7 Å². The Morgan fingerprint density at radius 1 is 1.71 bits per heavy atom. The van der Waals surface area contributed by atoms with Crippen LogP contribution < -0.4 is 5.32 Å². The Labute approximate surface area is 81.1 Å². The molecule has 14 heavy (non-hydrogen) atoms. The number of hydrogen-bond acceptors (Lipinski definition) is 3. The lowest BCUT2D eigenvalue weighted by atomic mass is 9.86. The molecule has 76 valence electrons. The SMILES string of the molecule is O=C(Nc1ccc[nH]1)C1(CO)COC1. The van der Waals surface area contributed by atoms with Crippen molar-refractivity contribution in [1.29, 1.82) is 0 Å². The number of aromatic amines is 1. The molecule has 1 aliphatic rings. The van der Waals surface area contributed by atoms with Gasteiger partial charge in [-0.1, -0.05) is 0 Å². The van der Waals surface area contributed by atoms with Crippen LogP contribution in [0.3, 0.4) is 0 Å². The Bertz CT molecular complexity index is 311. The van der Waals surface area contributed by atoms with Crippen LogP contribution in [0.2, 0.25) is 0 Å². The third kappa shape index (κ3) is 1.40. The van der Waals surface area contributed by atoms with E-state index in [4.69, 9.17) is 9.84 Å². The number of carbonyl (C=O) groups excluding carboxylic acids is 1. The van der Waals surface area contributed by atoms with Crippen molar-refractivity contribution in [3.8, 4) is 0 Å². The largest absolute Gasteiger partial charge is 0.395 e. The van der Waals surface area contributed by atoms with Gasteiger partial charge in [0.2, 0.25) is 5.91 Å². The summed E-state index contributed by atoms with van der Waals surface area (Å²) in [5.74, 6) is 0.434. The molecule has 0 spiro atoms. The van der Waals surface area contributed by atoms with E-state index in [1.165, 1.54) is 0 Å². The summed E-state index contributed by atoms with van der Waals surface area (Å²) in [5, 5.41) is 11.8. The lowest BCUT2D eigenvalue weighted by molar-refractivity contribution is -0.164. The normalized spacial score (nSPS) is 18.6. The van der Waals surface area contributed by atoms with Gasteiger partial charge in [0.15, 0.2) is 0 Å². The van der Waals surface area contributed by atoms with Crippen molar-refractivity contribution in [3.05, 3.63) is 18.3 Å². The smallest absolute Gasteiger partial charge is 0.238 e. The van der Waals surface area contributed by atoms with Gasteiger partial charge in [-0.25, -0.2) is 0 Å². The van der Waals surface area contributed by atoms with Gasteiger partial charge in [-0.3, -0.25) is 4.79 Å². The lowest BCUT2D eigenvalue weighted by Crippen LogP contribution is -2.54. The van der Waals surface area contributed by atoms with Gasteiger partial charge >= 0.3 is 0 Å². The Balaban J connectivity index is 2.01. The summed E-state index contributed by atoms with van der Waals surface area (Å²) in [6, 6.07) is 3.54. The molecule has 0 atom stereocenters. The van der Waals surface area contributed by atoms with Gasteiger partial charge in [0.1, 0.15) is 11.2 Å². The first-order valence-corrected chi connectivity index (χ1v) is 4.40. The molecule has 1 amide bonds. The number of H-pyrrole nitrogens is 1. The minimum atomic E-state index is -0.745. The van der Waals surface area contributed by atoms with Crippen LogP contribution in [0.15, 0.2) is 18.3 Å². The number of amides is 1. The highest BCUT2D eigenvalue weighted by Crippen LogP contribution is 2.28. The monoisotopic (exact) mass is 196 g/mol. The van der Waals surface area contributed by atoms with E-state index in [1.807, 2.05) is 0 Å². The van der Waals surface area contributed by atoms with Gasteiger partial charge in [0.05, 0.1) is 19.8 Å². The van der Waals surface area contributed by atoms with E-state index in [9.17, 15) is 4.79 Å². The fraction of sp³-hybridized carbons (Fsp3) is 0.444. The number of carbonyl (C=O) groups is 1. The summed E-state index contributed by atoms with van der Waals surface area (Å²) in [7, 11) is 0. The van der Waals surface area contributed by atoms with Crippen LogP contribution in [-0.2, 0) is 9.53 Å². The number of aliphatic hydroxyl groups excluding tert-OH is 1. The molecule has 5 heteroatoms. The average Bonchev–Trinajstić information content (AvgIpc) is 2.55. The molecular weight excluding hydrogens is 184 g/mol. The molecule has 1 fully saturated rings. The number of anilines is 1. The van der Waals surface area contributed by atoms with Crippen LogP contribution in [0.1, 0.15) is 0 Å². The highest BCUT2D eigenvalue weighted by molar-refractivity contribution is 5.95. The third-order valence-electron chi connectivity index (χ3n) is 2.39. The number of rotatable bonds is 3. The van der Waals surface area contributed by atoms with Crippen LogP contribution >= 0.6 is 0 Å². The Morgan fingerprint density at radius 2 is 2.50 bits per heavy atom. The van der Waals surface area contributed by atoms with Gasteiger partial charge in [0, 0.05) is 6.20 Å². The van der Waals surface area contributed by atoms with Crippen molar-refractivity contribution < 1.29 is 14.6 Å². The minimum absolute atomic E-state index is 0.181. The second-order valence-corrected chi connectivity index (χ2v) is 3.47. The van der Waals surface area contributed by atoms with Gasteiger partial charge in [0.25, 0.3) is 0 Å². The Hall–Kier alpha value is -1.33. The van der Waals surface area contributed by atoms with E-state index in [1.54, 1.807) is 18.3 Å². The Morgan fingerprint density at radius 3 is 2.93 bits per heavy atom. The molecule has 2 rings (SSSR count). The van der Waals surface area contributed by atoms with E-state index in [2.05, 4.69) is 10.3 Å². The van der Waals surface area contributed by atoms with Crippen molar-refractivity contribution in [2.75, 3.05) is 25.1 Å².